The molecule has 38 heavy (non-hydrogen) atoms. The van der Waals surface area contributed by atoms with Crippen molar-refractivity contribution in [1.29, 1.82) is 0 Å². The Morgan fingerprint density at radius 2 is 1.16 bits per heavy atom. The van der Waals surface area contributed by atoms with Crippen molar-refractivity contribution >= 4 is 40.4 Å². The van der Waals surface area contributed by atoms with Crippen LogP contribution in [0.1, 0.15) is 41.1 Å². The van der Waals surface area contributed by atoms with Crippen LogP contribution in [-0.2, 0) is 0 Å². The van der Waals surface area contributed by atoms with Crippen LogP contribution >= 0.6 is 0 Å². The van der Waals surface area contributed by atoms with Gasteiger partial charge in [0, 0.05) is 0 Å². The van der Waals surface area contributed by atoms with Crippen LogP contribution in [0.25, 0.3) is 54.6 Å². The maximum Gasteiger partial charge on any atom is 0.0721 e. The number of rotatable bonds is 2. The SMILES string of the molecule is Cc1ccc(-c2c3ccccc3c(-c3cccc4c3C3C5(C)CC4[Si]35C)c3ccccc23)c2ccccc12. The lowest BCUT2D eigenvalue weighted by Crippen LogP contribution is -2.36. The van der Waals surface area contributed by atoms with E-state index in [2.05, 4.69) is 124 Å². The molecule has 1 heteroatoms. The maximum absolute atomic E-state index is 2.69. The van der Waals surface area contributed by atoms with Crippen LogP contribution in [0.15, 0.2) is 103 Å². The molecule has 0 nitrogen and oxygen atoms in total. The molecular formula is C37H30Si. The van der Waals surface area contributed by atoms with Crippen LogP contribution < -0.4 is 0 Å². The molecule has 0 bridgehead atoms. The number of hydrogen-bond donors (Lipinski definition) is 0. The monoisotopic (exact) mass is 502 g/mol. The first kappa shape index (κ1) is 21.3. The van der Waals surface area contributed by atoms with Gasteiger partial charge < -0.3 is 0 Å². The molecular weight excluding hydrogens is 472 g/mol. The van der Waals surface area contributed by atoms with Gasteiger partial charge in [0.15, 0.2) is 0 Å². The molecule has 0 N–H and O–H groups in total. The molecule has 0 aliphatic carbocycles. The summed E-state index contributed by atoms with van der Waals surface area (Å²) in [7, 11) is -1.21. The summed E-state index contributed by atoms with van der Waals surface area (Å²) in [5.74, 6) is 0. The van der Waals surface area contributed by atoms with Crippen LogP contribution in [0, 0.1) is 6.92 Å². The molecule has 2 fully saturated rings. The Morgan fingerprint density at radius 3 is 1.79 bits per heavy atom. The minimum atomic E-state index is -1.21. The lowest BCUT2D eigenvalue weighted by Gasteiger charge is -2.40. The highest BCUT2D eigenvalue weighted by atomic mass is 28.3. The second-order valence-electron chi connectivity index (χ2n) is 12.5. The van der Waals surface area contributed by atoms with Crippen molar-refractivity contribution in [3.8, 4) is 22.3 Å². The summed E-state index contributed by atoms with van der Waals surface area (Å²) in [4.78, 5) is 0. The molecule has 3 heterocycles. The second kappa shape index (κ2) is 6.84. The molecule has 0 aromatic heterocycles. The zero-order chi connectivity index (χ0) is 25.4. The quantitative estimate of drug-likeness (QED) is 0.163. The molecule has 3 aliphatic rings. The van der Waals surface area contributed by atoms with Crippen molar-refractivity contribution in [2.45, 2.75) is 42.9 Å². The standard InChI is InChI=1S/C37H30Si/c1-22-19-20-29(24-12-5-4-11-23(22)24)33-25-13-6-8-15-27(25)34(28-16-9-7-14-26(28)33)31-18-10-17-30-32-21-37(2)36(35(30)31)38(32,37)3/h4-20,32,36H,21H2,1-3H3. The van der Waals surface area contributed by atoms with Gasteiger partial charge in [-0.25, -0.2) is 0 Å². The topological polar surface area (TPSA) is 0 Å². The average Bonchev–Trinajstić information content (AvgIpc) is 3.19. The average molecular weight is 503 g/mol. The molecule has 4 atom stereocenters. The van der Waals surface area contributed by atoms with Crippen LogP contribution in [-0.4, -0.2) is 8.07 Å². The maximum atomic E-state index is 2.69. The highest BCUT2D eigenvalue weighted by Gasteiger charge is 2.86. The molecule has 0 amide bonds. The van der Waals surface area contributed by atoms with E-state index in [1.807, 2.05) is 0 Å². The fourth-order valence-electron chi connectivity index (χ4n) is 9.20. The minimum Gasteiger partial charge on any atom is -0.0678 e. The van der Waals surface area contributed by atoms with E-state index in [0.717, 1.165) is 11.1 Å². The van der Waals surface area contributed by atoms with Crippen molar-refractivity contribution in [1.82, 2.24) is 0 Å². The van der Waals surface area contributed by atoms with E-state index in [9.17, 15) is 0 Å². The first-order valence-corrected chi connectivity index (χ1v) is 16.7. The molecule has 2 saturated heterocycles. The number of fused-ring (bicyclic) bond motifs is 7. The number of hydrogen-bond acceptors (Lipinski definition) is 0. The van der Waals surface area contributed by atoms with E-state index >= 15 is 0 Å². The van der Waals surface area contributed by atoms with Crippen molar-refractivity contribution < 1.29 is 0 Å². The second-order valence-corrected chi connectivity index (χ2v) is 17.5. The normalized spacial score (nSPS) is 26.4. The van der Waals surface area contributed by atoms with E-state index in [1.54, 1.807) is 11.1 Å². The summed E-state index contributed by atoms with van der Waals surface area (Å²) in [6, 6.07) is 39.2. The van der Waals surface area contributed by atoms with Gasteiger partial charge in [-0.15, -0.1) is 0 Å². The summed E-state index contributed by atoms with van der Waals surface area (Å²) in [6.45, 7) is 7.51. The molecule has 6 aromatic rings. The van der Waals surface area contributed by atoms with Crippen LogP contribution in [0.4, 0.5) is 0 Å². The van der Waals surface area contributed by atoms with Crippen LogP contribution in [0.3, 0.4) is 0 Å². The Hall–Kier alpha value is -3.68. The van der Waals surface area contributed by atoms with E-state index in [-0.39, 0.29) is 0 Å². The molecule has 0 radical (unpaired) electrons. The van der Waals surface area contributed by atoms with Crippen molar-refractivity contribution in [2.24, 2.45) is 0 Å². The van der Waals surface area contributed by atoms with Gasteiger partial charge in [-0.1, -0.05) is 117 Å². The molecule has 182 valence electrons. The largest absolute Gasteiger partial charge is 0.0721 e. The fourth-order valence-corrected chi connectivity index (χ4v) is 16.1. The summed E-state index contributed by atoms with van der Waals surface area (Å²) < 4.78 is 0. The summed E-state index contributed by atoms with van der Waals surface area (Å²) in [6.07, 6.45) is 1.43. The van der Waals surface area contributed by atoms with Gasteiger partial charge in [0.25, 0.3) is 0 Å². The van der Waals surface area contributed by atoms with Gasteiger partial charge in [0.05, 0.1) is 8.07 Å². The highest BCUT2D eigenvalue weighted by Crippen LogP contribution is 2.92. The van der Waals surface area contributed by atoms with Gasteiger partial charge in [-0.3, -0.25) is 0 Å². The molecule has 9 rings (SSSR count). The van der Waals surface area contributed by atoms with Crippen LogP contribution in [0.5, 0.6) is 0 Å². The summed E-state index contributed by atoms with van der Waals surface area (Å²) in [5, 5.41) is 8.80. The highest BCUT2D eigenvalue weighted by molar-refractivity contribution is 6.99. The Labute approximate surface area is 225 Å². The van der Waals surface area contributed by atoms with E-state index < -0.39 is 8.07 Å². The Bertz CT molecular complexity index is 1960. The Balaban J connectivity index is 1.43. The van der Waals surface area contributed by atoms with Crippen molar-refractivity contribution in [2.75, 3.05) is 0 Å². The van der Waals surface area contributed by atoms with Gasteiger partial charge in [-0.05, 0) is 101 Å². The lowest BCUT2D eigenvalue weighted by atomic mass is 9.78. The first-order chi connectivity index (χ1) is 18.5. The van der Waals surface area contributed by atoms with E-state index in [1.165, 1.54) is 66.6 Å². The fraction of sp³-hybridized carbons (Fsp3) is 0.189. The molecule has 0 saturated carbocycles. The van der Waals surface area contributed by atoms with Crippen molar-refractivity contribution in [3.05, 3.63) is 120 Å². The Morgan fingerprint density at radius 1 is 0.605 bits per heavy atom. The molecule has 4 unspecified atom stereocenters. The Kier molecular flexibility index (Phi) is 3.83. The van der Waals surface area contributed by atoms with E-state index in [0.29, 0.717) is 5.04 Å². The summed E-state index contributed by atoms with van der Waals surface area (Å²) >= 11 is 0. The molecule has 6 aromatic carbocycles. The summed E-state index contributed by atoms with van der Waals surface area (Å²) in [5.41, 5.74) is 12.1. The zero-order valence-corrected chi connectivity index (χ0v) is 23.2. The minimum absolute atomic E-state index is 0.632. The van der Waals surface area contributed by atoms with E-state index in [4.69, 9.17) is 0 Å². The third-order valence-corrected chi connectivity index (χ3v) is 17.9. The number of aryl methyl sites for hydroxylation is 1. The predicted molar refractivity (Wildman–Crippen MR) is 165 cm³/mol. The van der Waals surface area contributed by atoms with Crippen LogP contribution in [0.2, 0.25) is 11.6 Å². The number of benzene rings is 6. The molecule has 3 aliphatic heterocycles. The van der Waals surface area contributed by atoms with Gasteiger partial charge >= 0.3 is 0 Å². The third-order valence-electron chi connectivity index (χ3n) is 11.2. The van der Waals surface area contributed by atoms with Gasteiger partial charge in [0.2, 0.25) is 0 Å². The van der Waals surface area contributed by atoms with Gasteiger partial charge in [0.1, 0.15) is 0 Å². The zero-order valence-electron chi connectivity index (χ0n) is 22.2. The van der Waals surface area contributed by atoms with Gasteiger partial charge in [-0.2, -0.15) is 0 Å². The smallest absolute Gasteiger partial charge is 0.0678 e. The first-order valence-electron chi connectivity index (χ1n) is 14.1. The predicted octanol–water partition coefficient (Wildman–Crippen LogP) is 10.3. The lowest BCUT2D eigenvalue weighted by molar-refractivity contribution is 0.539. The van der Waals surface area contributed by atoms with Crippen molar-refractivity contribution in [3.63, 3.8) is 0 Å². The third kappa shape index (κ3) is 2.26. The molecule has 0 spiro atoms.